The molecule has 2 aromatic rings. The number of hydrogen-bond donors (Lipinski definition) is 3. The maximum absolute atomic E-state index is 15.4. The van der Waals surface area contributed by atoms with Gasteiger partial charge in [-0.3, -0.25) is 24.0 Å². The predicted molar refractivity (Wildman–Crippen MR) is 211 cm³/mol. The molecule has 0 unspecified atom stereocenters. The van der Waals surface area contributed by atoms with E-state index >= 15 is 18.0 Å². The average molecular weight is 850 g/mol. The van der Waals surface area contributed by atoms with Gasteiger partial charge in [-0.1, -0.05) is 32.4 Å². The number of halogens is 3. The van der Waals surface area contributed by atoms with E-state index in [2.05, 4.69) is 15.0 Å². The molecule has 3 N–H and O–H groups in total. The van der Waals surface area contributed by atoms with Gasteiger partial charge in [0.05, 0.1) is 18.4 Å². The van der Waals surface area contributed by atoms with Gasteiger partial charge >= 0.3 is 6.09 Å². The van der Waals surface area contributed by atoms with Crippen LogP contribution in [-0.4, -0.2) is 106 Å². The normalized spacial score (nSPS) is 28.7. The summed E-state index contributed by atoms with van der Waals surface area (Å²) in [4.78, 5) is 62.8. The summed E-state index contributed by atoms with van der Waals surface area (Å²) in [7, 11) is -4.02. The summed E-state index contributed by atoms with van der Waals surface area (Å²) in [6.45, 7) is 7.95. The van der Waals surface area contributed by atoms with E-state index in [4.69, 9.17) is 9.47 Å². The van der Waals surface area contributed by atoms with Crippen molar-refractivity contribution in [2.75, 3.05) is 13.2 Å². The van der Waals surface area contributed by atoms with Crippen molar-refractivity contribution in [2.24, 2.45) is 17.8 Å². The third kappa shape index (κ3) is 8.83. The summed E-state index contributed by atoms with van der Waals surface area (Å²) in [5.74, 6) is -8.48. The Kier molecular flexibility index (Phi) is 12.3. The van der Waals surface area contributed by atoms with Crippen LogP contribution in [0.5, 0.6) is 11.6 Å². The molecule has 2 aliphatic carbocycles. The zero-order chi connectivity index (χ0) is 43.2. The van der Waals surface area contributed by atoms with E-state index in [0.717, 1.165) is 18.7 Å². The molecule has 1 aromatic carbocycles. The van der Waals surface area contributed by atoms with Crippen LogP contribution in [0, 0.1) is 23.6 Å². The summed E-state index contributed by atoms with van der Waals surface area (Å²) in [5, 5.41) is 13.5. The minimum atomic E-state index is -4.02. The Morgan fingerprint density at radius 2 is 1.85 bits per heavy atom. The van der Waals surface area contributed by atoms with Gasteiger partial charge in [0.25, 0.3) is 11.8 Å². The van der Waals surface area contributed by atoms with Crippen LogP contribution in [0.2, 0.25) is 0 Å². The molecule has 324 valence electrons. The molecule has 1 saturated heterocycles. The average Bonchev–Trinajstić information content (AvgIpc) is 4.08. The molecule has 4 amide bonds. The lowest BCUT2D eigenvalue weighted by Gasteiger charge is -2.47. The first-order valence-electron chi connectivity index (χ1n) is 20.3. The van der Waals surface area contributed by atoms with Gasteiger partial charge in [0.1, 0.15) is 29.3 Å². The summed E-state index contributed by atoms with van der Waals surface area (Å²) in [5.41, 5.74) is -4.09. The number of pyridine rings is 1. The van der Waals surface area contributed by atoms with E-state index in [9.17, 15) is 27.9 Å². The van der Waals surface area contributed by atoms with E-state index in [0.29, 0.717) is 42.9 Å². The zero-order valence-electron chi connectivity index (χ0n) is 34.2. The van der Waals surface area contributed by atoms with Crippen LogP contribution in [0.1, 0.15) is 92.9 Å². The second-order valence-corrected chi connectivity index (χ2v) is 19.0. The van der Waals surface area contributed by atoms with Crippen molar-refractivity contribution in [3.05, 3.63) is 42.4 Å². The number of sulfonamides is 1. The van der Waals surface area contributed by atoms with Crippen LogP contribution >= 0.6 is 0 Å². The van der Waals surface area contributed by atoms with Crippen LogP contribution in [-0.2, 0) is 24.4 Å². The number of rotatable bonds is 11. The van der Waals surface area contributed by atoms with E-state index < -0.39 is 91.9 Å². The van der Waals surface area contributed by atoms with Crippen molar-refractivity contribution in [3.63, 3.8) is 0 Å². The van der Waals surface area contributed by atoms with Crippen LogP contribution in [0.3, 0.4) is 0 Å². The Balaban J connectivity index is 1.44. The number of alkyl halides is 2. The first kappa shape index (κ1) is 44.0. The van der Waals surface area contributed by atoms with Crippen molar-refractivity contribution in [1.29, 1.82) is 0 Å². The third-order valence-corrected chi connectivity index (χ3v) is 14.3. The molecule has 3 fully saturated rings. The molecule has 2 saturated carbocycles. The molecule has 14 nitrogen and oxygen atoms in total. The fraction of sp³-hybridized carbons (Fsp3) is 0.634. The number of amides is 4. The SMILES string of the molecule is CCOc1cc2ccnc(O[C@@H]3C[C@H]4C(=O)N[C@]5(C(=O)NS(=O)(=O)C6CC6)C[C@H]5/C=C\CC[C@@H](C)C[C@@H](CC)[C@H](N(C(=O)O)C(C)(C)C(C)(F)F)C(=O)N4C3)c2cc1F. The zero-order valence-corrected chi connectivity index (χ0v) is 35.0. The monoisotopic (exact) mass is 849 g/mol. The summed E-state index contributed by atoms with van der Waals surface area (Å²) in [6.07, 6.45) is 4.47. The lowest BCUT2D eigenvalue weighted by atomic mass is 9.81. The van der Waals surface area contributed by atoms with E-state index in [1.807, 2.05) is 13.0 Å². The highest BCUT2D eigenvalue weighted by atomic mass is 32.2. The summed E-state index contributed by atoms with van der Waals surface area (Å²) in [6, 6.07) is 1.16. The number of carboxylic acid groups (broad SMARTS) is 1. The van der Waals surface area contributed by atoms with Crippen LogP contribution in [0.4, 0.5) is 18.0 Å². The molecule has 18 heteroatoms. The van der Waals surface area contributed by atoms with Crippen LogP contribution in [0.15, 0.2) is 36.5 Å². The molecule has 0 bridgehead atoms. The molecule has 7 atom stereocenters. The van der Waals surface area contributed by atoms with E-state index in [-0.39, 0.29) is 61.8 Å². The molecule has 1 aromatic heterocycles. The van der Waals surface area contributed by atoms with Gasteiger partial charge in [0, 0.05) is 30.8 Å². The number of carbonyl (C=O) groups excluding carboxylic acids is 3. The lowest BCUT2D eigenvalue weighted by Crippen LogP contribution is -2.67. The highest BCUT2D eigenvalue weighted by Crippen LogP contribution is 2.47. The minimum Gasteiger partial charge on any atom is -0.491 e. The molecule has 0 radical (unpaired) electrons. The maximum Gasteiger partial charge on any atom is 0.408 e. The first-order chi connectivity index (χ1) is 27.6. The van der Waals surface area contributed by atoms with Crippen LogP contribution < -0.4 is 19.5 Å². The van der Waals surface area contributed by atoms with Crippen molar-refractivity contribution >= 4 is 44.6 Å². The quantitative estimate of drug-likeness (QED) is 0.234. The fourth-order valence-corrected chi connectivity index (χ4v) is 9.78. The first-order valence-corrected chi connectivity index (χ1v) is 21.8. The van der Waals surface area contributed by atoms with Gasteiger partial charge in [-0.05, 0) is 94.7 Å². The van der Waals surface area contributed by atoms with E-state index in [1.165, 1.54) is 18.3 Å². The maximum atomic E-state index is 15.4. The molecule has 4 aliphatic rings. The second-order valence-electron chi connectivity index (χ2n) is 17.0. The molecule has 2 aliphatic heterocycles. The molecule has 6 rings (SSSR count). The van der Waals surface area contributed by atoms with Gasteiger partial charge < -0.3 is 24.8 Å². The van der Waals surface area contributed by atoms with Crippen molar-refractivity contribution < 1.29 is 55.3 Å². The standard InChI is InChI=1S/C41H54F3N5O9S/c1-7-24-17-23(3)11-9-10-12-26-21-41(26,37(52)47-59(55,56)28-13-14-28)46-34(50)31-19-27(58-35-29-20-30(42)32(57-8-2)18-25(29)15-16-45-35)22-48(31)36(51)33(24)49(38(53)54)39(4,5)40(6,43)44/h10,12,15-16,18,20,23-24,26-28,31,33H,7-9,11,13-14,17,19,21-22H2,1-6H3,(H,46,50)(H,47,52)(H,53,54)/b12-10-/t23-,24-,26-,27-,31+,33+,41-/m1/s1. The Labute approximate surface area is 342 Å². The molecular weight excluding hydrogens is 796 g/mol. The number of hydrogen-bond acceptors (Lipinski definition) is 9. The number of nitrogens with one attached hydrogen (secondary N) is 2. The summed E-state index contributed by atoms with van der Waals surface area (Å²) >= 11 is 0. The Hall–Kier alpha value is -4.61. The topological polar surface area (TPSA) is 185 Å². The number of carbonyl (C=O) groups is 4. The number of aromatic nitrogens is 1. The smallest absolute Gasteiger partial charge is 0.408 e. The largest absolute Gasteiger partial charge is 0.491 e. The van der Waals surface area contributed by atoms with Crippen molar-refractivity contribution in [3.8, 4) is 11.6 Å². The highest BCUT2D eigenvalue weighted by Gasteiger charge is 2.63. The Bertz CT molecular complexity index is 2110. The fourth-order valence-electron chi connectivity index (χ4n) is 8.41. The highest BCUT2D eigenvalue weighted by molar-refractivity contribution is 7.91. The number of fused-ring (bicyclic) bond motifs is 3. The number of benzene rings is 1. The third-order valence-electron chi connectivity index (χ3n) is 12.5. The van der Waals surface area contributed by atoms with Gasteiger partial charge in [-0.2, -0.15) is 0 Å². The van der Waals surface area contributed by atoms with Gasteiger partial charge in [0.15, 0.2) is 11.6 Å². The Morgan fingerprint density at radius 1 is 1.14 bits per heavy atom. The lowest BCUT2D eigenvalue weighted by molar-refractivity contribution is -0.157. The predicted octanol–water partition coefficient (Wildman–Crippen LogP) is 5.79. The van der Waals surface area contributed by atoms with E-state index in [1.54, 1.807) is 26.0 Å². The molecular formula is C41H54F3N5O9S. The van der Waals surface area contributed by atoms with Gasteiger partial charge in [0.2, 0.25) is 27.7 Å². The minimum absolute atomic E-state index is 0.0108. The molecule has 59 heavy (non-hydrogen) atoms. The van der Waals surface area contributed by atoms with Gasteiger partial charge in [-0.15, -0.1) is 0 Å². The Morgan fingerprint density at radius 3 is 2.47 bits per heavy atom. The van der Waals surface area contributed by atoms with Gasteiger partial charge in [-0.25, -0.2) is 31.4 Å². The molecule has 3 heterocycles. The van der Waals surface area contributed by atoms with Crippen molar-refractivity contribution in [1.82, 2.24) is 24.8 Å². The summed E-state index contributed by atoms with van der Waals surface area (Å²) < 4.78 is 85.7. The molecule has 0 spiro atoms. The second kappa shape index (κ2) is 16.4. The van der Waals surface area contributed by atoms with Crippen LogP contribution in [0.25, 0.3) is 10.8 Å². The number of allylic oxidation sites excluding steroid dienone is 1. The number of ether oxygens (including phenoxy) is 2. The van der Waals surface area contributed by atoms with Crippen molar-refractivity contribution in [2.45, 2.75) is 133 Å². The number of nitrogens with zero attached hydrogens (tertiary/aromatic N) is 3.